The van der Waals surface area contributed by atoms with Crippen LogP contribution in [0.25, 0.3) is 0 Å². The first kappa shape index (κ1) is 19.6. The number of rotatable bonds is 5. The van der Waals surface area contributed by atoms with Crippen LogP contribution in [0.15, 0.2) is 48.7 Å². The Balaban J connectivity index is 1.43. The summed E-state index contributed by atoms with van der Waals surface area (Å²) in [5.41, 5.74) is 1.60. The maximum Gasteiger partial charge on any atom is 0.253 e. The monoisotopic (exact) mass is 411 g/mol. The number of sulfone groups is 1. The highest BCUT2D eigenvalue weighted by molar-refractivity contribution is 7.93. The third kappa shape index (κ3) is 3.52. The van der Waals surface area contributed by atoms with Crippen molar-refractivity contribution in [2.24, 2.45) is 5.92 Å². The van der Waals surface area contributed by atoms with Crippen LogP contribution in [0.4, 0.5) is 0 Å². The van der Waals surface area contributed by atoms with Crippen LogP contribution < -0.4 is 0 Å². The number of likely N-dealkylation sites (tertiary alicyclic amines) is 1. The lowest BCUT2D eigenvalue weighted by atomic mass is 9.83. The highest BCUT2D eigenvalue weighted by atomic mass is 32.2. The van der Waals surface area contributed by atoms with Crippen molar-refractivity contribution in [3.8, 4) is 6.07 Å². The predicted molar refractivity (Wildman–Crippen MR) is 106 cm³/mol. The maximum absolute atomic E-state index is 12.8. The number of hydrogen-bond acceptors (Lipinski definition) is 6. The van der Waals surface area contributed by atoms with E-state index in [1.54, 1.807) is 29.3 Å². The highest BCUT2D eigenvalue weighted by Gasteiger charge is 2.62. The van der Waals surface area contributed by atoms with E-state index in [2.05, 4.69) is 4.98 Å². The van der Waals surface area contributed by atoms with Crippen LogP contribution in [-0.4, -0.2) is 54.4 Å². The summed E-state index contributed by atoms with van der Waals surface area (Å²) in [6.45, 7) is 0.990. The molecule has 1 atom stereocenters. The van der Waals surface area contributed by atoms with E-state index in [0.717, 1.165) is 5.69 Å². The third-order valence-corrected chi connectivity index (χ3v) is 8.44. The van der Waals surface area contributed by atoms with Gasteiger partial charge in [-0.15, -0.1) is 0 Å². The number of aromatic nitrogens is 1. The molecule has 2 aliphatic rings. The Bertz CT molecular complexity index is 1060. The number of amides is 1. The van der Waals surface area contributed by atoms with Crippen LogP contribution in [0.1, 0.15) is 28.0 Å². The Morgan fingerprint density at radius 1 is 1.28 bits per heavy atom. The van der Waals surface area contributed by atoms with Gasteiger partial charge in [-0.2, -0.15) is 5.26 Å². The molecule has 1 spiro atoms. The molecule has 2 aliphatic heterocycles. The summed E-state index contributed by atoms with van der Waals surface area (Å²) in [5, 5.41) is 9.02. The molecule has 2 saturated heterocycles. The molecule has 0 bridgehead atoms. The molecule has 29 heavy (non-hydrogen) atoms. The number of carbonyl (C=O) groups excluding carboxylic acids is 1. The van der Waals surface area contributed by atoms with Crippen LogP contribution in [0.5, 0.6) is 0 Å². The third-order valence-electron chi connectivity index (χ3n) is 5.84. The van der Waals surface area contributed by atoms with Gasteiger partial charge in [-0.05, 0) is 36.8 Å². The second-order valence-corrected chi connectivity index (χ2v) is 10.0. The summed E-state index contributed by atoms with van der Waals surface area (Å²) in [6.07, 6.45) is 2.23. The SMILES string of the molecule is N#Cc1cccc(C(=O)N2CC3(C2)[C@H](COCc2ccccn2)CCS3(=O)=O)c1. The first-order valence-electron chi connectivity index (χ1n) is 9.44. The average molecular weight is 411 g/mol. The molecule has 0 saturated carbocycles. The van der Waals surface area contributed by atoms with E-state index in [1.165, 1.54) is 6.07 Å². The number of pyridine rings is 1. The fraction of sp³-hybridized carbons (Fsp3) is 0.381. The molecule has 4 rings (SSSR count). The summed E-state index contributed by atoms with van der Waals surface area (Å²) in [6, 6.07) is 14.0. The molecule has 0 N–H and O–H groups in total. The van der Waals surface area contributed by atoms with Crippen molar-refractivity contribution in [2.45, 2.75) is 17.8 Å². The van der Waals surface area contributed by atoms with Gasteiger partial charge in [-0.3, -0.25) is 9.78 Å². The quantitative estimate of drug-likeness (QED) is 0.744. The molecule has 2 aromatic rings. The Morgan fingerprint density at radius 3 is 2.83 bits per heavy atom. The summed E-state index contributed by atoms with van der Waals surface area (Å²) in [7, 11) is -3.30. The summed E-state index contributed by atoms with van der Waals surface area (Å²) in [4.78, 5) is 18.5. The maximum atomic E-state index is 12.8. The van der Waals surface area contributed by atoms with Gasteiger partial charge in [0.2, 0.25) is 0 Å². The minimum atomic E-state index is -3.30. The van der Waals surface area contributed by atoms with E-state index >= 15 is 0 Å². The van der Waals surface area contributed by atoms with E-state index in [0.29, 0.717) is 30.8 Å². The zero-order valence-corrected chi connectivity index (χ0v) is 16.6. The number of carbonyl (C=O) groups is 1. The highest BCUT2D eigenvalue weighted by Crippen LogP contribution is 2.45. The molecular formula is C21H21N3O4S. The van der Waals surface area contributed by atoms with E-state index in [1.807, 2.05) is 24.3 Å². The molecule has 8 heteroatoms. The number of nitriles is 1. The van der Waals surface area contributed by atoms with Crippen LogP contribution in [0, 0.1) is 17.2 Å². The second-order valence-electron chi connectivity index (χ2n) is 7.56. The summed E-state index contributed by atoms with van der Waals surface area (Å²) < 4.78 is 30.4. The fourth-order valence-corrected chi connectivity index (χ4v) is 6.54. The van der Waals surface area contributed by atoms with Crippen LogP contribution >= 0.6 is 0 Å². The van der Waals surface area contributed by atoms with Crippen molar-refractivity contribution >= 4 is 15.7 Å². The van der Waals surface area contributed by atoms with E-state index in [9.17, 15) is 13.2 Å². The first-order valence-corrected chi connectivity index (χ1v) is 11.1. The lowest BCUT2D eigenvalue weighted by Crippen LogP contribution is -2.68. The Kier molecular flexibility index (Phi) is 5.11. The van der Waals surface area contributed by atoms with Crippen molar-refractivity contribution in [2.75, 3.05) is 25.4 Å². The second kappa shape index (κ2) is 7.58. The number of hydrogen-bond donors (Lipinski definition) is 0. The largest absolute Gasteiger partial charge is 0.375 e. The van der Waals surface area contributed by atoms with E-state index < -0.39 is 14.6 Å². The summed E-state index contributed by atoms with van der Waals surface area (Å²) >= 11 is 0. The molecule has 0 aliphatic carbocycles. The minimum Gasteiger partial charge on any atom is -0.375 e. The van der Waals surface area contributed by atoms with Gasteiger partial charge in [0, 0.05) is 30.8 Å². The molecule has 0 radical (unpaired) electrons. The zero-order valence-electron chi connectivity index (χ0n) is 15.8. The van der Waals surface area contributed by atoms with Gasteiger partial charge in [0.05, 0.1) is 36.3 Å². The van der Waals surface area contributed by atoms with Crippen LogP contribution in [-0.2, 0) is 21.2 Å². The Labute approximate surface area is 169 Å². The molecule has 1 aromatic heterocycles. The number of benzene rings is 1. The fourth-order valence-electron chi connectivity index (χ4n) is 4.14. The van der Waals surface area contributed by atoms with Gasteiger partial charge >= 0.3 is 0 Å². The zero-order chi connectivity index (χ0) is 20.5. The topological polar surface area (TPSA) is 100 Å². The van der Waals surface area contributed by atoms with E-state index in [4.69, 9.17) is 10.00 Å². The van der Waals surface area contributed by atoms with Gasteiger partial charge in [0.1, 0.15) is 4.75 Å². The van der Waals surface area contributed by atoms with Gasteiger partial charge in [0.15, 0.2) is 9.84 Å². The smallest absolute Gasteiger partial charge is 0.253 e. The molecule has 0 unspecified atom stereocenters. The van der Waals surface area contributed by atoms with Crippen molar-refractivity contribution in [3.63, 3.8) is 0 Å². The molecule has 7 nitrogen and oxygen atoms in total. The normalized spacial score (nSPS) is 21.5. The van der Waals surface area contributed by atoms with Gasteiger partial charge < -0.3 is 9.64 Å². The Hall–Kier alpha value is -2.76. The molecular weight excluding hydrogens is 390 g/mol. The van der Waals surface area contributed by atoms with Crippen LogP contribution in [0.3, 0.4) is 0 Å². The molecule has 3 heterocycles. The Morgan fingerprint density at radius 2 is 2.10 bits per heavy atom. The van der Waals surface area contributed by atoms with Crippen molar-refractivity contribution in [1.82, 2.24) is 9.88 Å². The standard InChI is InChI=1S/C21H21N3O4S/c22-11-16-4-3-5-17(10-16)20(25)24-14-21(15-24)18(7-9-29(21,26)27)12-28-13-19-6-1-2-8-23-19/h1-6,8,10,18H,7,9,12-15H2/t18-/m0/s1. The average Bonchev–Trinajstić information content (AvgIpc) is 2.97. The molecule has 1 amide bonds. The lowest BCUT2D eigenvalue weighted by Gasteiger charge is -2.49. The molecule has 150 valence electrons. The van der Waals surface area contributed by atoms with Gasteiger partial charge in [0.25, 0.3) is 5.91 Å². The van der Waals surface area contributed by atoms with Crippen LogP contribution in [0.2, 0.25) is 0 Å². The predicted octanol–water partition coefficient (Wildman–Crippen LogP) is 1.80. The van der Waals surface area contributed by atoms with Crippen molar-refractivity contribution < 1.29 is 17.9 Å². The number of nitrogens with zero attached hydrogens (tertiary/aromatic N) is 3. The summed E-state index contributed by atoms with van der Waals surface area (Å²) in [5.74, 6) is -0.273. The van der Waals surface area contributed by atoms with E-state index in [-0.39, 0.29) is 30.7 Å². The molecule has 2 fully saturated rings. The minimum absolute atomic E-state index is 0.122. The number of ether oxygens (including phenoxy) is 1. The van der Waals surface area contributed by atoms with Gasteiger partial charge in [-0.1, -0.05) is 12.1 Å². The van der Waals surface area contributed by atoms with Crippen molar-refractivity contribution in [3.05, 3.63) is 65.5 Å². The van der Waals surface area contributed by atoms with Crippen molar-refractivity contribution in [1.29, 1.82) is 5.26 Å². The first-order chi connectivity index (χ1) is 13.9. The lowest BCUT2D eigenvalue weighted by molar-refractivity contribution is 0.0204. The molecule has 1 aromatic carbocycles. The van der Waals surface area contributed by atoms with Gasteiger partial charge in [-0.25, -0.2) is 8.42 Å².